The third-order valence-electron chi connectivity index (χ3n) is 4.61. The summed E-state index contributed by atoms with van der Waals surface area (Å²) in [6, 6.07) is 3.99. The van der Waals surface area contributed by atoms with E-state index in [0.29, 0.717) is 12.0 Å². The van der Waals surface area contributed by atoms with Gasteiger partial charge in [0.25, 0.3) is 0 Å². The van der Waals surface area contributed by atoms with Crippen molar-refractivity contribution in [2.24, 2.45) is 5.92 Å². The highest BCUT2D eigenvalue weighted by Crippen LogP contribution is 2.28. The Morgan fingerprint density at radius 1 is 1.19 bits per heavy atom. The highest BCUT2D eigenvalue weighted by Gasteiger charge is 2.17. The summed E-state index contributed by atoms with van der Waals surface area (Å²) in [6.07, 6.45) is 9.60. The number of halogens is 2. The van der Waals surface area contributed by atoms with Gasteiger partial charge in [-0.1, -0.05) is 39.0 Å². The van der Waals surface area contributed by atoms with E-state index in [2.05, 4.69) is 12.2 Å². The van der Waals surface area contributed by atoms with Crippen LogP contribution in [-0.2, 0) is 6.42 Å². The van der Waals surface area contributed by atoms with Crippen LogP contribution in [-0.4, -0.2) is 12.6 Å². The van der Waals surface area contributed by atoms with E-state index in [1.54, 1.807) is 0 Å². The van der Waals surface area contributed by atoms with Crippen molar-refractivity contribution >= 4 is 0 Å². The van der Waals surface area contributed by atoms with Gasteiger partial charge < -0.3 is 5.32 Å². The van der Waals surface area contributed by atoms with Gasteiger partial charge in [0, 0.05) is 6.04 Å². The standard InChI is InChI=1S/C18H27F2N/c1-2-21-17(10-8-14-6-4-3-5-7-14)13-15-12-16(19)9-11-18(15)20/h9,11-12,14,17,21H,2-8,10,13H2,1H3. The van der Waals surface area contributed by atoms with Crippen molar-refractivity contribution in [1.29, 1.82) is 0 Å². The maximum absolute atomic E-state index is 13.8. The van der Waals surface area contributed by atoms with Crippen LogP contribution >= 0.6 is 0 Å². The van der Waals surface area contributed by atoms with Gasteiger partial charge in [-0.2, -0.15) is 0 Å². The summed E-state index contributed by atoms with van der Waals surface area (Å²) >= 11 is 0. The summed E-state index contributed by atoms with van der Waals surface area (Å²) in [5.74, 6) is 0.183. The molecule has 0 aliphatic heterocycles. The highest BCUT2D eigenvalue weighted by atomic mass is 19.1. The molecule has 118 valence electrons. The van der Waals surface area contributed by atoms with E-state index in [1.807, 2.05) is 0 Å². The predicted octanol–water partition coefficient (Wildman–Crippen LogP) is 4.85. The Bertz CT molecular complexity index is 427. The average molecular weight is 295 g/mol. The summed E-state index contributed by atoms with van der Waals surface area (Å²) in [7, 11) is 0. The molecule has 0 amide bonds. The van der Waals surface area contributed by atoms with Crippen LogP contribution in [0.25, 0.3) is 0 Å². The molecule has 1 aliphatic carbocycles. The summed E-state index contributed by atoms with van der Waals surface area (Å²) < 4.78 is 27.0. The molecule has 1 nitrogen and oxygen atoms in total. The minimum Gasteiger partial charge on any atom is -0.314 e. The molecule has 3 heteroatoms. The smallest absolute Gasteiger partial charge is 0.126 e. The summed E-state index contributed by atoms with van der Waals surface area (Å²) in [5, 5.41) is 3.43. The Labute approximate surface area is 127 Å². The molecular weight excluding hydrogens is 268 g/mol. The predicted molar refractivity (Wildman–Crippen MR) is 83.3 cm³/mol. The van der Waals surface area contributed by atoms with Gasteiger partial charge in [-0.3, -0.25) is 0 Å². The molecule has 1 aliphatic rings. The third-order valence-corrected chi connectivity index (χ3v) is 4.61. The molecule has 0 aromatic heterocycles. The minimum atomic E-state index is -0.353. The summed E-state index contributed by atoms with van der Waals surface area (Å²) in [6.45, 7) is 2.93. The fourth-order valence-corrected chi connectivity index (χ4v) is 3.44. The number of hydrogen-bond donors (Lipinski definition) is 1. The summed E-state index contributed by atoms with van der Waals surface area (Å²) in [5.41, 5.74) is 0.490. The second-order valence-corrected chi connectivity index (χ2v) is 6.28. The molecule has 21 heavy (non-hydrogen) atoms. The molecule has 1 fully saturated rings. The monoisotopic (exact) mass is 295 g/mol. The van der Waals surface area contributed by atoms with Gasteiger partial charge in [-0.25, -0.2) is 8.78 Å². The van der Waals surface area contributed by atoms with Gasteiger partial charge >= 0.3 is 0 Å². The van der Waals surface area contributed by atoms with E-state index < -0.39 is 0 Å². The zero-order valence-corrected chi connectivity index (χ0v) is 13.0. The fourth-order valence-electron chi connectivity index (χ4n) is 3.44. The highest BCUT2D eigenvalue weighted by molar-refractivity contribution is 5.19. The van der Waals surface area contributed by atoms with E-state index in [9.17, 15) is 8.78 Å². The van der Waals surface area contributed by atoms with E-state index in [0.717, 1.165) is 18.9 Å². The van der Waals surface area contributed by atoms with Crippen LogP contribution in [0.1, 0.15) is 57.4 Å². The van der Waals surface area contributed by atoms with E-state index in [4.69, 9.17) is 0 Å². The second-order valence-electron chi connectivity index (χ2n) is 6.28. The van der Waals surface area contributed by atoms with Gasteiger partial charge in [0.1, 0.15) is 11.6 Å². The molecule has 1 unspecified atom stereocenters. The molecule has 0 saturated heterocycles. The van der Waals surface area contributed by atoms with Crippen LogP contribution in [0.5, 0.6) is 0 Å². The van der Waals surface area contributed by atoms with Gasteiger partial charge in [0.05, 0.1) is 0 Å². The largest absolute Gasteiger partial charge is 0.314 e. The molecular formula is C18H27F2N. The molecule has 1 saturated carbocycles. The van der Waals surface area contributed by atoms with Crippen molar-refractivity contribution in [2.75, 3.05) is 6.54 Å². The van der Waals surface area contributed by atoms with Crippen molar-refractivity contribution in [2.45, 2.75) is 64.3 Å². The van der Waals surface area contributed by atoms with Crippen molar-refractivity contribution in [1.82, 2.24) is 5.32 Å². The van der Waals surface area contributed by atoms with E-state index in [1.165, 1.54) is 56.7 Å². The van der Waals surface area contributed by atoms with Crippen LogP contribution < -0.4 is 5.32 Å². The van der Waals surface area contributed by atoms with Crippen molar-refractivity contribution in [3.63, 3.8) is 0 Å². The lowest BCUT2D eigenvalue weighted by molar-refractivity contribution is 0.312. The van der Waals surface area contributed by atoms with Crippen LogP contribution in [0.15, 0.2) is 18.2 Å². The fraction of sp³-hybridized carbons (Fsp3) is 0.667. The molecule has 1 aromatic carbocycles. The van der Waals surface area contributed by atoms with Gasteiger partial charge in [-0.05, 0) is 55.5 Å². The molecule has 0 spiro atoms. The number of hydrogen-bond acceptors (Lipinski definition) is 1. The summed E-state index contributed by atoms with van der Waals surface area (Å²) in [4.78, 5) is 0. The number of benzene rings is 1. The van der Waals surface area contributed by atoms with E-state index >= 15 is 0 Å². The SMILES string of the molecule is CCNC(CCC1CCCCC1)Cc1cc(F)ccc1F. The number of nitrogens with one attached hydrogen (secondary N) is 1. The normalized spacial score (nSPS) is 17.9. The number of rotatable bonds is 7. The Morgan fingerprint density at radius 3 is 2.67 bits per heavy atom. The maximum atomic E-state index is 13.8. The lowest BCUT2D eigenvalue weighted by atomic mass is 9.84. The quantitative estimate of drug-likeness (QED) is 0.758. The Kier molecular flexibility index (Phi) is 6.62. The molecule has 1 atom stereocenters. The molecule has 1 aromatic rings. The molecule has 0 heterocycles. The zero-order chi connectivity index (χ0) is 15.1. The van der Waals surface area contributed by atoms with Gasteiger partial charge in [-0.15, -0.1) is 0 Å². The first-order valence-electron chi connectivity index (χ1n) is 8.36. The topological polar surface area (TPSA) is 12.0 Å². The molecule has 0 radical (unpaired) electrons. The van der Waals surface area contributed by atoms with E-state index in [-0.39, 0.29) is 17.7 Å². The van der Waals surface area contributed by atoms with Crippen molar-refractivity contribution in [3.8, 4) is 0 Å². The van der Waals surface area contributed by atoms with Crippen LogP contribution in [0.3, 0.4) is 0 Å². The second kappa shape index (κ2) is 8.47. The Morgan fingerprint density at radius 2 is 1.95 bits per heavy atom. The van der Waals surface area contributed by atoms with Crippen LogP contribution in [0.4, 0.5) is 8.78 Å². The minimum absolute atomic E-state index is 0.244. The van der Waals surface area contributed by atoms with Crippen molar-refractivity contribution in [3.05, 3.63) is 35.4 Å². The Hall–Kier alpha value is -0.960. The third kappa shape index (κ3) is 5.39. The Balaban J connectivity index is 1.89. The number of likely N-dealkylation sites (N-methyl/N-ethyl adjacent to an activating group) is 1. The van der Waals surface area contributed by atoms with Gasteiger partial charge in [0.2, 0.25) is 0 Å². The first-order chi connectivity index (χ1) is 10.2. The van der Waals surface area contributed by atoms with Crippen LogP contribution in [0, 0.1) is 17.6 Å². The lowest BCUT2D eigenvalue weighted by Gasteiger charge is -2.25. The molecule has 1 N–H and O–H groups in total. The molecule has 0 bridgehead atoms. The average Bonchev–Trinajstić information content (AvgIpc) is 2.50. The van der Waals surface area contributed by atoms with Crippen molar-refractivity contribution < 1.29 is 8.78 Å². The maximum Gasteiger partial charge on any atom is 0.126 e. The first-order valence-corrected chi connectivity index (χ1v) is 8.36. The lowest BCUT2D eigenvalue weighted by Crippen LogP contribution is -2.32. The van der Waals surface area contributed by atoms with Gasteiger partial charge in [0.15, 0.2) is 0 Å². The molecule has 2 rings (SSSR count). The first kappa shape index (κ1) is 16.4. The van der Waals surface area contributed by atoms with Crippen LogP contribution in [0.2, 0.25) is 0 Å². The zero-order valence-electron chi connectivity index (χ0n) is 13.0.